The van der Waals surface area contributed by atoms with Crippen LogP contribution in [0, 0.1) is 13.8 Å². The zero-order valence-corrected chi connectivity index (χ0v) is 8.66. The van der Waals surface area contributed by atoms with Gasteiger partial charge in [0.15, 0.2) is 0 Å². The summed E-state index contributed by atoms with van der Waals surface area (Å²) in [6, 6.07) is 4.48. The molecule has 0 aromatic heterocycles. The summed E-state index contributed by atoms with van der Waals surface area (Å²) < 4.78 is 0. The minimum Gasteiger partial charge on any atom is -0.125 e. The second kappa shape index (κ2) is 2.81. The van der Waals surface area contributed by atoms with Crippen molar-refractivity contribution in [2.45, 2.75) is 31.6 Å². The van der Waals surface area contributed by atoms with E-state index in [0.717, 1.165) is 5.92 Å². The van der Waals surface area contributed by atoms with Gasteiger partial charge < -0.3 is 0 Å². The van der Waals surface area contributed by atoms with E-state index in [1.54, 1.807) is 10.5 Å². The van der Waals surface area contributed by atoms with Crippen molar-refractivity contribution in [2.24, 2.45) is 0 Å². The van der Waals surface area contributed by atoms with E-state index in [1.165, 1.54) is 16.9 Å². The highest BCUT2D eigenvalue weighted by Gasteiger charge is 2.22. The fourth-order valence-electron chi connectivity index (χ4n) is 1.90. The van der Waals surface area contributed by atoms with Gasteiger partial charge in [-0.15, -0.1) is 11.8 Å². The second-order valence-electron chi connectivity index (χ2n) is 3.65. The molecule has 12 heavy (non-hydrogen) atoms. The SMILES string of the molecule is Cc1ccc(C)c2c1SCC2C. The molecule has 0 nitrogen and oxygen atoms in total. The predicted octanol–water partition coefficient (Wildman–Crippen LogP) is 3.51. The Labute approximate surface area is 78.4 Å². The maximum Gasteiger partial charge on any atom is 0.0139 e. The number of benzene rings is 1. The Morgan fingerprint density at radius 2 is 1.92 bits per heavy atom. The van der Waals surface area contributed by atoms with Gasteiger partial charge in [0.25, 0.3) is 0 Å². The summed E-state index contributed by atoms with van der Waals surface area (Å²) in [6.45, 7) is 6.76. The summed E-state index contributed by atoms with van der Waals surface area (Å²) in [5.41, 5.74) is 4.51. The quantitative estimate of drug-likeness (QED) is 0.586. The topological polar surface area (TPSA) is 0 Å². The molecule has 0 amide bonds. The van der Waals surface area contributed by atoms with Crippen molar-refractivity contribution >= 4 is 11.8 Å². The molecule has 0 fully saturated rings. The third-order valence-corrected chi connectivity index (χ3v) is 4.08. The summed E-state index contributed by atoms with van der Waals surface area (Å²) in [7, 11) is 0. The van der Waals surface area contributed by atoms with Crippen LogP contribution in [0.5, 0.6) is 0 Å². The number of hydrogen-bond acceptors (Lipinski definition) is 1. The maximum atomic E-state index is 2.32. The van der Waals surface area contributed by atoms with Gasteiger partial charge in [-0.1, -0.05) is 19.1 Å². The number of fused-ring (bicyclic) bond motifs is 1. The molecule has 0 saturated carbocycles. The van der Waals surface area contributed by atoms with Crippen molar-refractivity contribution in [3.8, 4) is 0 Å². The van der Waals surface area contributed by atoms with E-state index in [1.807, 2.05) is 11.8 Å². The van der Waals surface area contributed by atoms with E-state index in [9.17, 15) is 0 Å². The predicted molar refractivity (Wildman–Crippen MR) is 55.1 cm³/mol. The molecule has 1 aliphatic rings. The van der Waals surface area contributed by atoms with Crippen LogP contribution < -0.4 is 0 Å². The van der Waals surface area contributed by atoms with Crippen LogP contribution in [0.4, 0.5) is 0 Å². The third kappa shape index (κ3) is 1.08. The Bertz CT molecular complexity index is 315. The Hall–Kier alpha value is -0.430. The zero-order valence-electron chi connectivity index (χ0n) is 7.85. The first-order valence-electron chi connectivity index (χ1n) is 4.43. The van der Waals surface area contributed by atoms with Crippen LogP contribution in [0.2, 0.25) is 0 Å². The summed E-state index contributed by atoms with van der Waals surface area (Å²) >= 11 is 2.02. The van der Waals surface area contributed by atoms with Crippen LogP contribution in [0.3, 0.4) is 0 Å². The summed E-state index contributed by atoms with van der Waals surface area (Å²) in [6.07, 6.45) is 0. The standard InChI is InChI=1S/C11H14S/c1-7-4-5-8(2)11-10(7)9(3)6-12-11/h4-5,9H,6H2,1-3H3. The van der Waals surface area contributed by atoms with Gasteiger partial charge >= 0.3 is 0 Å². The number of rotatable bonds is 0. The van der Waals surface area contributed by atoms with Crippen molar-refractivity contribution in [1.82, 2.24) is 0 Å². The van der Waals surface area contributed by atoms with E-state index < -0.39 is 0 Å². The van der Waals surface area contributed by atoms with Crippen molar-refractivity contribution < 1.29 is 0 Å². The van der Waals surface area contributed by atoms with E-state index in [-0.39, 0.29) is 0 Å². The lowest BCUT2D eigenvalue weighted by Crippen LogP contribution is -1.93. The van der Waals surface area contributed by atoms with Crippen molar-refractivity contribution in [3.05, 3.63) is 28.8 Å². The molecule has 1 atom stereocenters. The van der Waals surface area contributed by atoms with Crippen LogP contribution in [-0.2, 0) is 0 Å². The molecule has 0 aliphatic carbocycles. The molecule has 1 aromatic carbocycles. The van der Waals surface area contributed by atoms with E-state index in [2.05, 4.69) is 32.9 Å². The van der Waals surface area contributed by atoms with Gasteiger partial charge in [-0.25, -0.2) is 0 Å². The number of thioether (sulfide) groups is 1. The molecule has 1 unspecified atom stereocenters. The van der Waals surface area contributed by atoms with Gasteiger partial charge in [0.05, 0.1) is 0 Å². The molecule has 1 aliphatic heterocycles. The molecule has 1 heteroatoms. The van der Waals surface area contributed by atoms with Gasteiger partial charge in [0, 0.05) is 10.6 Å². The van der Waals surface area contributed by atoms with E-state index in [4.69, 9.17) is 0 Å². The lowest BCUT2D eigenvalue weighted by molar-refractivity contribution is 0.867. The number of hydrogen-bond donors (Lipinski definition) is 0. The van der Waals surface area contributed by atoms with Crippen molar-refractivity contribution in [2.75, 3.05) is 5.75 Å². The largest absolute Gasteiger partial charge is 0.125 e. The van der Waals surface area contributed by atoms with E-state index in [0.29, 0.717) is 0 Å². The smallest absolute Gasteiger partial charge is 0.0139 e. The number of aryl methyl sites for hydroxylation is 2. The van der Waals surface area contributed by atoms with Crippen LogP contribution >= 0.6 is 11.8 Å². The summed E-state index contributed by atoms with van der Waals surface area (Å²) in [4.78, 5) is 1.54. The van der Waals surface area contributed by atoms with Gasteiger partial charge in [0.1, 0.15) is 0 Å². The molecule has 0 N–H and O–H groups in total. The van der Waals surface area contributed by atoms with E-state index >= 15 is 0 Å². The normalized spacial score (nSPS) is 21.1. The van der Waals surface area contributed by atoms with Gasteiger partial charge in [-0.2, -0.15) is 0 Å². The average Bonchev–Trinajstić information content (AvgIpc) is 2.42. The molecule has 0 saturated heterocycles. The summed E-state index contributed by atoms with van der Waals surface area (Å²) in [5, 5.41) is 0. The molecule has 0 bridgehead atoms. The van der Waals surface area contributed by atoms with Gasteiger partial charge in [-0.3, -0.25) is 0 Å². The van der Waals surface area contributed by atoms with Crippen LogP contribution in [0.1, 0.15) is 29.5 Å². The Kier molecular flexibility index (Phi) is 1.91. The minimum absolute atomic E-state index is 0.755. The molecule has 0 spiro atoms. The first-order valence-corrected chi connectivity index (χ1v) is 5.41. The lowest BCUT2D eigenvalue weighted by atomic mass is 9.96. The minimum atomic E-state index is 0.755. The Morgan fingerprint density at radius 1 is 1.25 bits per heavy atom. The first kappa shape index (κ1) is 8.18. The molecule has 1 heterocycles. The highest BCUT2D eigenvalue weighted by molar-refractivity contribution is 7.99. The second-order valence-corrected chi connectivity index (χ2v) is 4.68. The fraction of sp³-hybridized carbons (Fsp3) is 0.455. The van der Waals surface area contributed by atoms with Crippen LogP contribution in [-0.4, -0.2) is 5.75 Å². The maximum absolute atomic E-state index is 2.32. The molecule has 64 valence electrons. The Balaban J connectivity index is 2.64. The molecular weight excluding hydrogens is 164 g/mol. The monoisotopic (exact) mass is 178 g/mol. The molecule has 2 rings (SSSR count). The van der Waals surface area contributed by atoms with Crippen molar-refractivity contribution in [1.29, 1.82) is 0 Å². The van der Waals surface area contributed by atoms with Gasteiger partial charge in [-0.05, 0) is 36.5 Å². The van der Waals surface area contributed by atoms with Crippen molar-refractivity contribution in [3.63, 3.8) is 0 Å². The highest BCUT2D eigenvalue weighted by atomic mass is 32.2. The third-order valence-electron chi connectivity index (χ3n) is 2.58. The lowest BCUT2D eigenvalue weighted by Gasteiger charge is -2.08. The molecule has 0 radical (unpaired) electrons. The van der Waals surface area contributed by atoms with Crippen LogP contribution in [0.15, 0.2) is 17.0 Å². The molecular formula is C11H14S. The first-order chi connectivity index (χ1) is 5.70. The fourth-order valence-corrected chi connectivity index (χ4v) is 3.30. The summed E-state index contributed by atoms with van der Waals surface area (Å²) in [5.74, 6) is 2.02. The Morgan fingerprint density at radius 3 is 2.58 bits per heavy atom. The highest BCUT2D eigenvalue weighted by Crippen LogP contribution is 2.42. The average molecular weight is 178 g/mol. The van der Waals surface area contributed by atoms with Crippen LogP contribution in [0.25, 0.3) is 0 Å². The van der Waals surface area contributed by atoms with Gasteiger partial charge in [0.2, 0.25) is 0 Å². The zero-order chi connectivity index (χ0) is 8.72. The molecule has 1 aromatic rings.